The van der Waals surface area contributed by atoms with Gasteiger partial charge in [-0.15, -0.1) is 0 Å². The highest BCUT2D eigenvalue weighted by Gasteiger charge is 2.22. The predicted octanol–water partition coefficient (Wildman–Crippen LogP) is 0.265. The first kappa shape index (κ1) is 13.7. The van der Waals surface area contributed by atoms with Gasteiger partial charge in [-0.1, -0.05) is 0 Å². The summed E-state index contributed by atoms with van der Waals surface area (Å²) >= 11 is 0. The van der Waals surface area contributed by atoms with E-state index in [0.717, 1.165) is 4.90 Å². The van der Waals surface area contributed by atoms with Crippen molar-refractivity contribution in [3.63, 3.8) is 0 Å². The van der Waals surface area contributed by atoms with Crippen molar-refractivity contribution in [3.05, 3.63) is 0 Å². The molecule has 1 atom stereocenters. The number of hydrogen-bond donors (Lipinski definition) is 2. The zero-order valence-corrected chi connectivity index (χ0v) is 9.48. The van der Waals surface area contributed by atoms with Crippen molar-refractivity contribution >= 4 is 12.1 Å². The second kappa shape index (κ2) is 4.97. The van der Waals surface area contributed by atoms with Gasteiger partial charge in [-0.2, -0.15) is 0 Å². The molecule has 1 unspecified atom stereocenters. The molecule has 15 heavy (non-hydrogen) atoms. The van der Waals surface area contributed by atoms with Gasteiger partial charge in [-0.3, -0.25) is 4.79 Å². The number of carboxylic acids is 1. The molecule has 3 N–H and O–H groups in total. The number of rotatable bonds is 3. The first-order valence-corrected chi connectivity index (χ1v) is 4.56. The van der Waals surface area contributed by atoms with Gasteiger partial charge in [0.15, 0.2) is 0 Å². The van der Waals surface area contributed by atoms with Gasteiger partial charge in [0, 0.05) is 13.6 Å². The second-order valence-electron chi connectivity index (χ2n) is 4.31. The third-order valence-electron chi connectivity index (χ3n) is 1.49. The predicted molar refractivity (Wildman–Crippen MR) is 54.5 cm³/mol. The van der Waals surface area contributed by atoms with Gasteiger partial charge in [-0.05, 0) is 20.8 Å². The van der Waals surface area contributed by atoms with E-state index in [2.05, 4.69) is 0 Å². The minimum atomic E-state index is -1.15. The lowest BCUT2D eigenvalue weighted by molar-refractivity contribution is -0.138. The van der Waals surface area contributed by atoms with Gasteiger partial charge in [0.2, 0.25) is 0 Å². The number of hydrogen-bond acceptors (Lipinski definition) is 4. The average Bonchev–Trinajstić information content (AvgIpc) is 2.00. The molecule has 0 aliphatic rings. The van der Waals surface area contributed by atoms with Crippen LogP contribution in [0.2, 0.25) is 0 Å². The topological polar surface area (TPSA) is 92.9 Å². The van der Waals surface area contributed by atoms with Crippen molar-refractivity contribution in [3.8, 4) is 0 Å². The minimum absolute atomic E-state index is 0.0791. The molecule has 0 bridgehead atoms. The molecule has 0 rings (SSSR count). The highest BCUT2D eigenvalue weighted by atomic mass is 16.6. The lowest BCUT2D eigenvalue weighted by Gasteiger charge is -2.25. The van der Waals surface area contributed by atoms with E-state index in [1.54, 1.807) is 20.8 Å². The molecule has 0 aromatic heterocycles. The van der Waals surface area contributed by atoms with Crippen LogP contribution in [-0.2, 0) is 9.53 Å². The van der Waals surface area contributed by atoms with Crippen LogP contribution >= 0.6 is 0 Å². The van der Waals surface area contributed by atoms with Crippen molar-refractivity contribution in [2.75, 3.05) is 13.6 Å². The molecule has 1 amide bonds. The van der Waals surface area contributed by atoms with Crippen molar-refractivity contribution in [1.29, 1.82) is 0 Å². The van der Waals surface area contributed by atoms with E-state index >= 15 is 0 Å². The van der Waals surface area contributed by atoms with Gasteiger partial charge < -0.3 is 20.5 Å². The Kier molecular flexibility index (Phi) is 4.54. The Balaban J connectivity index is 4.17. The molecular weight excluding hydrogens is 200 g/mol. The van der Waals surface area contributed by atoms with E-state index in [4.69, 9.17) is 15.6 Å². The molecule has 0 spiro atoms. The Hall–Kier alpha value is -1.30. The Morgan fingerprint density at radius 2 is 1.93 bits per heavy atom. The summed E-state index contributed by atoms with van der Waals surface area (Å²) in [4.78, 5) is 23.0. The van der Waals surface area contributed by atoms with Gasteiger partial charge >= 0.3 is 12.1 Å². The number of nitrogens with zero attached hydrogens (tertiary/aromatic N) is 1. The molecule has 0 aromatic carbocycles. The van der Waals surface area contributed by atoms with Gasteiger partial charge in [-0.25, -0.2) is 4.79 Å². The number of carboxylic acid groups (broad SMARTS) is 1. The first-order chi connectivity index (χ1) is 6.63. The molecule has 0 radical (unpaired) electrons. The summed E-state index contributed by atoms with van der Waals surface area (Å²) in [7, 11) is 1.44. The van der Waals surface area contributed by atoms with Crippen molar-refractivity contribution in [2.24, 2.45) is 5.73 Å². The molecular formula is C9H18N2O4. The number of amides is 1. The van der Waals surface area contributed by atoms with E-state index in [-0.39, 0.29) is 6.54 Å². The number of likely N-dealkylation sites (N-methyl/N-ethyl adjacent to an activating group) is 1. The fraction of sp³-hybridized carbons (Fsp3) is 0.778. The van der Waals surface area contributed by atoms with E-state index in [9.17, 15) is 9.59 Å². The minimum Gasteiger partial charge on any atom is -0.480 e. The molecule has 88 valence electrons. The monoisotopic (exact) mass is 218 g/mol. The highest BCUT2D eigenvalue weighted by molar-refractivity contribution is 5.75. The lowest BCUT2D eigenvalue weighted by atomic mass is 10.2. The second-order valence-corrected chi connectivity index (χ2v) is 4.31. The summed E-state index contributed by atoms with van der Waals surface area (Å²) < 4.78 is 5.02. The lowest BCUT2D eigenvalue weighted by Crippen LogP contribution is -2.44. The number of nitrogens with two attached hydrogens (primary N) is 1. The van der Waals surface area contributed by atoms with Crippen LogP contribution in [0.5, 0.6) is 0 Å². The number of ether oxygens (including phenoxy) is 1. The van der Waals surface area contributed by atoms with Crippen LogP contribution in [0.3, 0.4) is 0 Å². The van der Waals surface area contributed by atoms with Crippen LogP contribution in [0, 0.1) is 0 Å². The van der Waals surface area contributed by atoms with Crippen molar-refractivity contribution < 1.29 is 19.4 Å². The van der Waals surface area contributed by atoms with Crippen LogP contribution in [0.15, 0.2) is 0 Å². The normalized spacial score (nSPS) is 13.1. The van der Waals surface area contributed by atoms with Crippen molar-refractivity contribution in [2.45, 2.75) is 32.4 Å². The number of carbonyl (C=O) groups excluding carboxylic acids is 1. The summed E-state index contributed by atoms with van der Waals surface area (Å²) in [6.45, 7) is 5.12. The maximum Gasteiger partial charge on any atom is 0.410 e. The summed E-state index contributed by atoms with van der Waals surface area (Å²) in [6, 6.07) is -1.09. The SMILES string of the molecule is CN(CC(N)C(=O)O)C(=O)OC(C)(C)C. The molecule has 0 fully saturated rings. The molecule has 6 nitrogen and oxygen atoms in total. The molecule has 0 saturated heterocycles. The standard InChI is InChI=1S/C9H18N2O4/c1-9(2,3)15-8(14)11(4)5-6(10)7(12)13/h6H,5,10H2,1-4H3,(H,12,13). The van der Waals surface area contributed by atoms with Gasteiger partial charge in [0.25, 0.3) is 0 Å². The molecule has 0 aromatic rings. The third-order valence-corrected chi connectivity index (χ3v) is 1.49. The van der Waals surface area contributed by atoms with E-state index in [1.165, 1.54) is 7.05 Å². The summed E-state index contributed by atoms with van der Waals surface area (Å²) in [5.74, 6) is -1.15. The Morgan fingerprint density at radius 1 is 1.47 bits per heavy atom. The fourth-order valence-corrected chi connectivity index (χ4v) is 0.788. The Morgan fingerprint density at radius 3 is 2.27 bits per heavy atom. The maximum absolute atomic E-state index is 11.4. The fourth-order valence-electron chi connectivity index (χ4n) is 0.788. The number of aliphatic carboxylic acids is 1. The summed E-state index contributed by atoms with van der Waals surface area (Å²) in [5.41, 5.74) is 4.67. The smallest absolute Gasteiger partial charge is 0.410 e. The molecule has 0 aliphatic carbocycles. The Labute approximate surface area is 89.0 Å². The van der Waals surface area contributed by atoms with Crippen LogP contribution in [0.25, 0.3) is 0 Å². The zero-order chi connectivity index (χ0) is 12.2. The van der Waals surface area contributed by atoms with E-state index in [0.29, 0.717) is 0 Å². The Bertz CT molecular complexity index is 247. The van der Waals surface area contributed by atoms with Crippen LogP contribution in [0.1, 0.15) is 20.8 Å². The average molecular weight is 218 g/mol. The molecule has 0 saturated carbocycles. The summed E-state index contributed by atoms with van der Waals surface area (Å²) in [6.07, 6.45) is -0.584. The van der Waals surface area contributed by atoms with Gasteiger partial charge in [0.1, 0.15) is 11.6 Å². The van der Waals surface area contributed by atoms with Crippen molar-refractivity contribution in [1.82, 2.24) is 4.90 Å². The van der Waals surface area contributed by atoms with E-state index < -0.39 is 23.7 Å². The first-order valence-electron chi connectivity index (χ1n) is 4.56. The highest BCUT2D eigenvalue weighted by Crippen LogP contribution is 2.08. The third kappa shape index (κ3) is 5.90. The van der Waals surface area contributed by atoms with Crippen LogP contribution < -0.4 is 5.73 Å². The maximum atomic E-state index is 11.4. The van der Waals surface area contributed by atoms with Crippen LogP contribution in [-0.4, -0.2) is 47.3 Å². The quantitative estimate of drug-likeness (QED) is 0.709. The van der Waals surface area contributed by atoms with E-state index in [1.807, 2.05) is 0 Å². The number of carbonyl (C=O) groups is 2. The van der Waals surface area contributed by atoms with Gasteiger partial charge in [0.05, 0.1) is 0 Å². The molecule has 0 aliphatic heterocycles. The van der Waals surface area contributed by atoms with Crippen LogP contribution in [0.4, 0.5) is 4.79 Å². The molecule has 0 heterocycles. The summed E-state index contributed by atoms with van der Waals surface area (Å²) in [5, 5.41) is 8.54. The molecule has 6 heteroatoms. The zero-order valence-electron chi connectivity index (χ0n) is 9.48. The largest absolute Gasteiger partial charge is 0.480 e.